The minimum absolute atomic E-state index is 0.168. The number of para-hydroxylation sites is 1. The first-order valence-electron chi connectivity index (χ1n) is 8.50. The molecule has 5 nitrogen and oxygen atoms in total. The molecule has 0 amide bonds. The van der Waals surface area contributed by atoms with Crippen molar-refractivity contribution in [2.75, 3.05) is 0 Å². The minimum atomic E-state index is -0.210. The fraction of sp³-hybridized carbons (Fsp3) is 0.316. The van der Waals surface area contributed by atoms with Gasteiger partial charge in [-0.2, -0.15) is 4.98 Å². The Morgan fingerprint density at radius 3 is 2.84 bits per heavy atom. The molecule has 2 aromatic heterocycles. The van der Waals surface area contributed by atoms with Crippen molar-refractivity contribution in [2.24, 2.45) is 0 Å². The Bertz CT molecular complexity index is 964. The maximum absolute atomic E-state index is 12.4. The molecule has 0 spiro atoms. The van der Waals surface area contributed by atoms with E-state index in [0.717, 1.165) is 42.1 Å². The van der Waals surface area contributed by atoms with E-state index in [4.69, 9.17) is 0 Å². The third-order valence-electron chi connectivity index (χ3n) is 4.61. The van der Waals surface area contributed by atoms with Gasteiger partial charge >= 0.3 is 0 Å². The molecule has 3 aromatic rings. The van der Waals surface area contributed by atoms with Crippen LogP contribution in [0.3, 0.4) is 0 Å². The zero-order valence-electron chi connectivity index (χ0n) is 13.8. The Hall–Kier alpha value is -2.34. The fourth-order valence-electron chi connectivity index (χ4n) is 3.40. The first-order valence-corrected chi connectivity index (χ1v) is 9.48. The molecule has 25 heavy (non-hydrogen) atoms. The number of nitrogens with zero attached hydrogens (tertiary/aromatic N) is 3. The maximum atomic E-state index is 12.4. The molecule has 1 aromatic carbocycles. The van der Waals surface area contributed by atoms with Crippen molar-refractivity contribution >= 4 is 22.7 Å². The SMILES string of the molecule is O=c1cc(O)nc(SCc2cnc3ccccc3c2)n1C1CCCC1. The van der Waals surface area contributed by atoms with Crippen LogP contribution >= 0.6 is 11.8 Å². The van der Waals surface area contributed by atoms with E-state index < -0.39 is 0 Å². The molecular weight excluding hydrogens is 334 g/mol. The number of benzene rings is 1. The first-order chi connectivity index (χ1) is 12.2. The summed E-state index contributed by atoms with van der Waals surface area (Å²) in [5, 5.41) is 11.4. The summed E-state index contributed by atoms with van der Waals surface area (Å²) in [6.07, 6.45) is 6.12. The van der Waals surface area contributed by atoms with Gasteiger partial charge < -0.3 is 5.11 Å². The van der Waals surface area contributed by atoms with Crippen LogP contribution in [0.5, 0.6) is 5.88 Å². The van der Waals surface area contributed by atoms with Gasteiger partial charge in [0.15, 0.2) is 5.16 Å². The highest BCUT2D eigenvalue weighted by atomic mass is 32.2. The van der Waals surface area contributed by atoms with E-state index in [1.165, 1.54) is 17.8 Å². The predicted octanol–water partition coefficient (Wildman–Crippen LogP) is 3.90. The summed E-state index contributed by atoms with van der Waals surface area (Å²) >= 11 is 1.48. The van der Waals surface area contributed by atoms with Crippen molar-refractivity contribution in [3.8, 4) is 5.88 Å². The summed E-state index contributed by atoms with van der Waals surface area (Å²) in [6, 6.07) is 11.5. The largest absolute Gasteiger partial charge is 0.493 e. The summed E-state index contributed by atoms with van der Waals surface area (Å²) in [7, 11) is 0. The standard InChI is InChI=1S/C19H19N3O2S/c23-17-10-18(24)22(15-6-2-3-7-15)19(21-17)25-12-13-9-14-5-1-4-8-16(14)20-11-13/h1,4-5,8-11,15,23H,2-3,6-7,12H2. The molecule has 1 saturated carbocycles. The van der Waals surface area contributed by atoms with E-state index in [2.05, 4.69) is 16.0 Å². The van der Waals surface area contributed by atoms with Crippen LogP contribution in [0.2, 0.25) is 0 Å². The van der Waals surface area contributed by atoms with Crippen molar-refractivity contribution in [3.05, 3.63) is 58.5 Å². The molecule has 0 saturated heterocycles. The second kappa shape index (κ2) is 6.88. The molecule has 0 aliphatic heterocycles. The lowest BCUT2D eigenvalue weighted by atomic mass is 10.2. The van der Waals surface area contributed by atoms with Gasteiger partial charge in [-0.15, -0.1) is 0 Å². The van der Waals surface area contributed by atoms with Crippen molar-refractivity contribution in [1.82, 2.24) is 14.5 Å². The number of aromatic nitrogens is 3. The summed E-state index contributed by atoms with van der Waals surface area (Å²) in [5.41, 5.74) is 1.87. The number of hydrogen-bond acceptors (Lipinski definition) is 5. The highest BCUT2D eigenvalue weighted by Gasteiger charge is 2.22. The van der Waals surface area contributed by atoms with Crippen LogP contribution in [0, 0.1) is 0 Å². The predicted molar refractivity (Wildman–Crippen MR) is 99.0 cm³/mol. The monoisotopic (exact) mass is 353 g/mol. The smallest absolute Gasteiger partial charge is 0.258 e. The van der Waals surface area contributed by atoms with Gasteiger partial charge in [-0.25, -0.2) is 0 Å². The Labute approximate surface area is 149 Å². The summed E-state index contributed by atoms with van der Waals surface area (Å²) in [5.74, 6) is 0.443. The van der Waals surface area contributed by atoms with Crippen molar-refractivity contribution in [3.63, 3.8) is 0 Å². The number of aromatic hydroxyl groups is 1. The Morgan fingerprint density at radius 1 is 1.20 bits per heavy atom. The van der Waals surface area contributed by atoms with Crippen LogP contribution in [0.25, 0.3) is 10.9 Å². The number of fused-ring (bicyclic) bond motifs is 1. The van der Waals surface area contributed by atoms with E-state index >= 15 is 0 Å². The van der Waals surface area contributed by atoms with E-state index in [1.807, 2.05) is 30.5 Å². The van der Waals surface area contributed by atoms with Gasteiger partial charge in [-0.05, 0) is 30.5 Å². The van der Waals surface area contributed by atoms with Gasteiger partial charge in [-0.1, -0.05) is 42.8 Å². The average Bonchev–Trinajstić information content (AvgIpc) is 3.13. The molecule has 6 heteroatoms. The Balaban J connectivity index is 1.62. The van der Waals surface area contributed by atoms with Crippen LogP contribution in [0.1, 0.15) is 37.3 Å². The van der Waals surface area contributed by atoms with E-state index in [0.29, 0.717) is 10.9 Å². The van der Waals surface area contributed by atoms with Crippen LogP contribution < -0.4 is 5.56 Å². The van der Waals surface area contributed by atoms with Crippen molar-refractivity contribution < 1.29 is 5.11 Å². The van der Waals surface area contributed by atoms with Gasteiger partial charge in [0.25, 0.3) is 5.56 Å². The molecular formula is C19H19N3O2S. The van der Waals surface area contributed by atoms with Gasteiger partial charge in [0.05, 0.1) is 11.6 Å². The zero-order valence-corrected chi connectivity index (χ0v) is 14.6. The summed E-state index contributed by atoms with van der Waals surface area (Å²) < 4.78 is 1.76. The lowest BCUT2D eigenvalue weighted by molar-refractivity contribution is 0.406. The topological polar surface area (TPSA) is 68.0 Å². The first kappa shape index (κ1) is 16.1. The Kier molecular flexibility index (Phi) is 4.44. The fourth-order valence-corrected chi connectivity index (χ4v) is 4.39. The van der Waals surface area contributed by atoms with Gasteiger partial charge in [0.2, 0.25) is 5.88 Å². The molecule has 0 atom stereocenters. The van der Waals surface area contributed by atoms with Gasteiger partial charge in [0.1, 0.15) is 0 Å². The number of rotatable bonds is 4. The second-order valence-corrected chi connectivity index (χ2v) is 7.31. The molecule has 128 valence electrons. The maximum Gasteiger partial charge on any atom is 0.258 e. The quantitative estimate of drug-likeness (QED) is 0.569. The van der Waals surface area contributed by atoms with Crippen molar-refractivity contribution in [2.45, 2.75) is 42.6 Å². The number of hydrogen-bond donors (Lipinski definition) is 1. The third-order valence-corrected chi connectivity index (χ3v) is 5.64. The second-order valence-electron chi connectivity index (χ2n) is 6.37. The molecule has 1 aliphatic rings. The lowest BCUT2D eigenvalue weighted by Crippen LogP contribution is -2.25. The molecule has 1 fully saturated rings. The van der Waals surface area contributed by atoms with Crippen LogP contribution in [0.4, 0.5) is 0 Å². The zero-order chi connectivity index (χ0) is 17.2. The van der Waals surface area contributed by atoms with Gasteiger partial charge in [-0.3, -0.25) is 14.3 Å². The minimum Gasteiger partial charge on any atom is -0.493 e. The van der Waals surface area contributed by atoms with E-state index in [9.17, 15) is 9.90 Å². The summed E-state index contributed by atoms with van der Waals surface area (Å²) in [4.78, 5) is 21.1. The molecule has 1 N–H and O–H groups in total. The molecule has 2 heterocycles. The van der Waals surface area contributed by atoms with Crippen LogP contribution in [-0.2, 0) is 5.75 Å². The van der Waals surface area contributed by atoms with E-state index in [1.54, 1.807) is 4.57 Å². The summed E-state index contributed by atoms with van der Waals surface area (Å²) in [6.45, 7) is 0. The molecule has 0 bridgehead atoms. The lowest BCUT2D eigenvalue weighted by Gasteiger charge is -2.17. The average molecular weight is 353 g/mol. The number of thioether (sulfide) groups is 1. The highest BCUT2D eigenvalue weighted by Crippen LogP contribution is 2.32. The molecule has 4 rings (SSSR count). The normalized spacial score (nSPS) is 15.0. The number of pyridine rings is 1. The van der Waals surface area contributed by atoms with E-state index in [-0.39, 0.29) is 17.5 Å². The van der Waals surface area contributed by atoms with Crippen molar-refractivity contribution in [1.29, 1.82) is 0 Å². The van der Waals surface area contributed by atoms with Gasteiger partial charge in [0, 0.05) is 23.4 Å². The highest BCUT2D eigenvalue weighted by molar-refractivity contribution is 7.98. The molecule has 0 radical (unpaired) electrons. The van der Waals surface area contributed by atoms with Crippen LogP contribution in [-0.4, -0.2) is 19.6 Å². The third kappa shape index (κ3) is 3.39. The van der Waals surface area contributed by atoms with Crippen LogP contribution in [0.15, 0.2) is 52.5 Å². The molecule has 0 unspecified atom stereocenters. The molecule has 1 aliphatic carbocycles. The Morgan fingerprint density at radius 2 is 2.00 bits per heavy atom.